The first-order chi connectivity index (χ1) is 14.8. The number of para-hydroxylation sites is 1. The van der Waals surface area contributed by atoms with E-state index in [0.29, 0.717) is 23.8 Å². The summed E-state index contributed by atoms with van der Waals surface area (Å²) in [5, 5.41) is 14.4. The van der Waals surface area contributed by atoms with E-state index < -0.39 is 11.2 Å². The van der Waals surface area contributed by atoms with Crippen LogP contribution < -0.4 is 16.7 Å². The lowest BCUT2D eigenvalue weighted by molar-refractivity contribution is 0.474. The number of aryl methyl sites for hydroxylation is 2. The number of aromatic amines is 1. The Kier molecular flexibility index (Phi) is 5.16. The Labute approximate surface area is 177 Å². The topological polar surface area (TPSA) is 117 Å². The number of imidazole rings is 1. The van der Waals surface area contributed by atoms with Gasteiger partial charge in [0.2, 0.25) is 5.95 Å². The van der Waals surface area contributed by atoms with Crippen LogP contribution in [0.4, 0.5) is 5.95 Å². The molecule has 0 aliphatic rings. The van der Waals surface area contributed by atoms with Crippen LogP contribution in [0.2, 0.25) is 0 Å². The maximum atomic E-state index is 12.6. The molecular formula is C22H22N6O3. The molecule has 4 rings (SSSR count). The summed E-state index contributed by atoms with van der Waals surface area (Å²) in [6.07, 6.45) is 0. The van der Waals surface area contributed by atoms with Crippen LogP contribution in [0.3, 0.4) is 0 Å². The van der Waals surface area contributed by atoms with Crippen molar-refractivity contribution in [3.63, 3.8) is 0 Å². The molecule has 0 amide bonds. The van der Waals surface area contributed by atoms with E-state index in [2.05, 4.69) is 20.5 Å². The van der Waals surface area contributed by atoms with Gasteiger partial charge in [0, 0.05) is 12.6 Å². The summed E-state index contributed by atoms with van der Waals surface area (Å²) in [5.74, 6) is 0.412. The number of nitrogens with one attached hydrogen (secondary N) is 2. The van der Waals surface area contributed by atoms with Gasteiger partial charge < -0.3 is 5.11 Å². The maximum Gasteiger partial charge on any atom is 0.329 e. The lowest BCUT2D eigenvalue weighted by Gasteiger charge is -2.10. The molecule has 158 valence electrons. The number of H-pyrrole nitrogens is 1. The van der Waals surface area contributed by atoms with Crippen molar-refractivity contribution in [3.8, 4) is 5.75 Å². The summed E-state index contributed by atoms with van der Waals surface area (Å²) in [6, 6.07) is 14.8. The van der Waals surface area contributed by atoms with E-state index in [-0.39, 0.29) is 16.9 Å². The third kappa shape index (κ3) is 3.85. The maximum absolute atomic E-state index is 12.6. The number of anilines is 1. The minimum atomic E-state index is -0.544. The first-order valence-corrected chi connectivity index (χ1v) is 9.69. The summed E-state index contributed by atoms with van der Waals surface area (Å²) in [6.45, 7) is 4.10. The molecule has 2 heterocycles. The van der Waals surface area contributed by atoms with Crippen LogP contribution in [0.25, 0.3) is 11.2 Å². The zero-order valence-corrected chi connectivity index (χ0v) is 17.4. The molecule has 3 N–H and O–H groups in total. The fraction of sp³-hybridized carbons (Fsp3) is 0.182. The van der Waals surface area contributed by atoms with Gasteiger partial charge in [-0.05, 0) is 31.5 Å². The molecule has 0 aliphatic carbocycles. The van der Waals surface area contributed by atoms with Crippen LogP contribution in [0.15, 0.2) is 63.2 Å². The molecule has 9 nitrogen and oxygen atoms in total. The Balaban J connectivity index is 1.83. The smallest absolute Gasteiger partial charge is 0.329 e. The Morgan fingerprint density at radius 1 is 1.16 bits per heavy atom. The number of benzene rings is 2. The summed E-state index contributed by atoms with van der Waals surface area (Å²) >= 11 is 0. The van der Waals surface area contributed by atoms with Crippen molar-refractivity contribution in [2.75, 3.05) is 5.43 Å². The molecule has 2 aromatic carbocycles. The summed E-state index contributed by atoms with van der Waals surface area (Å²) in [4.78, 5) is 31.4. The van der Waals surface area contributed by atoms with E-state index in [1.165, 1.54) is 4.57 Å². The predicted octanol–water partition coefficient (Wildman–Crippen LogP) is 2.32. The van der Waals surface area contributed by atoms with Crippen molar-refractivity contribution in [3.05, 3.63) is 86.1 Å². The first kappa shape index (κ1) is 20.1. The molecule has 2 aromatic heterocycles. The minimum Gasteiger partial charge on any atom is -0.507 e. The molecule has 4 aromatic rings. The van der Waals surface area contributed by atoms with Gasteiger partial charge >= 0.3 is 5.69 Å². The van der Waals surface area contributed by atoms with Gasteiger partial charge in [0.05, 0.1) is 12.3 Å². The van der Waals surface area contributed by atoms with E-state index in [4.69, 9.17) is 0 Å². The van der Waals surface area contributed by atoms with E-state index in [0.717, 1.165) is 11.1 Å². The highest BCUT2D eigenvalue weighted by Gasteiger charge is 2.18. The van der Waals surface area contributed by atoms with Gasteiger partial charge in [0.1, 0.15) is 5.75 Å². The van der Waals surface area contributed by atoms with Crippen molar-refractivity contribution in [2.45, 2.75) is 20.4 Å². The molecule has 0 bridgehead atoms. The van der Waals surface area contributed by atoms with Gasteiger partial charge in [-0.25, -0.2) is 10.2 Å². The standard InChI is InChI=1S/C22H22N6O3/c1-13-8-10-15(11-9-13)12-28-18-19(27(3)22(31)24-20(18)30)23-21(28)26-25-14(2)16-6-4-5-7-17(16)29/h4-11,29H,12H2,1-3H3,(H,23,26)(H,24,30,31). The highest BCUT2D eigenvalue weighted by molar-refractivity contribution is 6.01. The Morgan fingerprint density at radius 2 is 1.87 bits per heavy atom. The largest absolute Gasteiger partial charge is 0.507 e. The fourth-order valence-corrected chi connectivity index (χ4v) is 3.32. The number of phenolic OH excluding ortho intramolecular Hbond substituents is 1. The van der Waals surface area contributed by atoms with Gasteiger partial charge in [-0.15, -0.1) is 0 Å². The first-order valence-electron chi connectivity index (χ1n) is 9.69. The second-order valence-corrected chi connectivity index (χ2v) is 7.32. The quantitative estimate of drug-likeness (QED) is 0.340. The Hall–Kier alpha value is -4.14. The molecular weight excluding hydrogens is 396 g/mol. The molecule has 0 saturated heterocycles. The molecule has 31 heavy (non-hydrogen) atoms. The second-order valence-electron chi connectivity index (χ2n) is 7.32. The van der Waals surface area contributed by atoms with Crippen LogP contribution in [0.5, 0.6) is 5.75 Å². The number of fused-ring (bicyclic) bond motifs is 1. The zero-order valence-electron chi connectivity index (χ0n) is 17.4. The van der Waals surface area contributed by atoms with Gasteiger partial charge in [0.25, 0.3) is 5.56 Å². The summed E-state index contributed by atoms with van der Waals surface area (Å²) in [5.41, 5.74) is 5.54. The van der Waals surface area contributed by atoms with Crippen molar-refractivity contribution >= 4 is 22.8 Å². The normalized spacial score (nSPS) is 11.8. The molecule has 0 fully saturated rings. The number of hydrogen-bond acceptors (Lipinski definition) is 6. The monoisotopic (exact) mass is 418 g/mol. The average Bonchev–Trinajstić information content (AvgIpc) is 3.11. The zero-order chi connectivity index (χ0) is 22.1. The van der Waals surface area contributed by atoms with E-state index in [9.17, 15) is 14.7 Å². The van der Waals surface area contributed by atoms with Crippen LogP contribution in [0, 0.1) is 6.92 Å². The molecule has 0 unspecified atom stereocenters. The SMILES string of the molecule is CC(=NNc1nc2c(c(=O)[nH]c(=O)n2C)n1Cc1ccc(C)cc1)c1ccccc1O. The van der Waals surface area contributed by atoms with Crippen LogP contribution in [-0.4, -0.2) is 29.9 Å². The summed E-state index contributed by atoms with van der Waals surface area (Å²) < 4.78 is 2.97. The predicted molar refractivity (Wildman–Crippen MR) is 120 cm³/mol. The van der Waals surface area contributed by atoms with Gasteiger partial charge in [-0.3, -0.25) is 18.9 Å². The van der Waals surface area contributed by atoms with Crippen LogP contribution in [0.1, 0.15) is 23.6 Å². The van der Waals surface area contributed by atoms with Crippen LogP contribution in [-0.2, 0) is 13.6 Å². The van der Waals surface area contributed by atoms with Crippen molar-refractivity contribution < 1.29 is 5.11 Å². The second kappa shape index (κ2) is 7.94. The molecule has 0 saturated carbocycles. The molecule has 0 aliphatic heterocycles. The number of phenols is 1. The lowest BCUT2D eigenvalue weighted by atomic mass is 10.1. The van der Waals surface area contributed by atoms with E-state index in [1.54, 1.807) is 42.8 Å². The van der Waals surface area contributed by atoms with Crippen molar-refractivity contribution in [2.24, 2.45) is 12.1 Å². The lowest BCUT2D eigenvalue weighted by Crippen LogP contribution is -2.29. The van der Waals surface area contributed by atoms with E-state index in [1.807, 2.05) is 31.2 Å². The average molecular weight is 418 g/mol. The Bertz CT molecular complexity index is 1410. The van der Waals surface area contributed by atoms with Crippen molar-refractivity contribution in [1.82, 2.24) is 19.1 Å². The number of aromatic hydroxyl groups is 1. The fourth-order valence-electron chi connectivity index (χ4n) is 3.32. The molecule has 0 radical (unpaired) electrons. The van der Waals surface area contributed by atoms with Crippen LogP contribution >= 0.6 is 0 Å². The van der Waals surface area contributed by atoms with Crippen molar-refractivity contribution in [1.29, 1.82) is 0 Å². The number of nitrogens with zero attached hydrogens (tertiary/aromatic N) is 4. The highest BCUT2D eigenvalue weighted by Crippen LogP contribution is 2.20. The molecule has 0 atom stereocenters. The molecule has 0 spiro atoms. The number of rotatable bonds is 5. The third-order valence-corrected chi connectivity index (χ3v) is 5.09. The number of hydrazone groups is 1. The Morgan fingerprint density at radius 3 is 2.58 bits per heavy atom. The number of hydrogen-bond donors (Lipinski definition) is 3. The third-order valence-electron chi connectivity index (χ3n) is 5.09. The number of aromatic nitrogens is 4. The van der Waals surface area contributed by atoms with Gasteiger partial charge in [-0.1, -0.05) is 42.0 Å². The van der Waals surface area contributed by atoms with Gasteiger partial charge in [-0.2, -0.15) is 10.1 Å². The minimum absolute atomic E-state index is 0.109. The summed E-state index contributed by atoms with van der Waals surface area (Å²) in [7, 11) is 1.55. The van der Waals surface area contributed by atoms with Gasteiger partial charge in [0.15, 0.2) is 11.2 Å². The highest BCUT2D eigenvalue weighted by atomic mass is 16.3. The molecule has 9 heteroatoms. The van der Waals surface area contributed by atoms with E-state index >= 15 is 0 Å².